The number of hydrogen-bond acceptors (Lipinski definition) is 15. The van der Waals surface area contributed by atoms with Gasteiger partial charge in [-0.1, -0.05) is 50.2 Å². The van der Waals surface area contributed by atoms with Gasteiger partial charge in [0.25, 0.3) is 0 Å². The van der Waals surface area contributed by atoms with Gasteiger partial charge in [-0.25, -0.2) is 0 Å². The standard InChI is InChI=1S/C54H69N9O18/c1-27(2)45(53(79)62(6)29(4)46(72)57-39(25-43(68)69)49(75)58-37(47(73)55-28(3)54(80)81)22-31-9-15-34(65)16-10-31)61-50(76)40(26-44(70)71)59-48(74)38(23-32-11-17-35(66)18-12-32)60-51(77)42-8-7-21-63(42)52(78)41(56-30(5)64)24-33-13-19-36(67)20-14-33/h9-20,27-29,37-42,45,65-67H,7-8,21-26H2,1-6H3,(H,55,73)(H,56,64)(H,57,72)(H,58,75)(H,59,74)(H,60,77)(H,61,76)(H,68,69)(H,70,71)(H,80,81)/t28-,29-,37-,38-,39-,40-,41-,42-,45-/m0/s1. The van der Waals surface area contributed by atoms with Crippen molar-refractivity contribution in [1.29, 1.82) is 0 Å². The molecule has 1 fully saturated rings. The molecule has 3 aromatic carbocycles. The van der Waals surface area contributed by atoms with Crippen molar-refractivity contribution >= 4 is 71.1 Å². The average Bonchev–Trinajstić information content (AvgIpc) is 3.90. The molecule has 0 unspecified atom stereocenters. The van der Waals surface area contributed by atoms with Gasteiger partial charge in [-0.3, -0.25) is 57.5 Å². The highest BCUT2D eigenvalue weighted by Crippen LogP contribution is 2.22. The van der Waals surface area contributed by atoms with Crippen LogP contribution in [0.4, 0.5) is 0 Å². The molecule has 4 rings (SSSR count). The number of nitrogens with zero attached hydrogens (tertiary/aromatic N) is 2. The van der Waals surface area contributed by atoms with Gasteiger partial charge < -0.3 is 77.7 Å². The summed E-state index contributed by atoms with van der Waals surface area (Å²) in [6, 6.07) is 3.17. The van der Waals surface area contributed by atoms with Crippen molar-refractivity contribution in [2.24, 2.45) is 5.92 Å². The van der Waals surface area contributed by atoms with E-state index in [1.807, 2.05) is 0 Å². The number of carboxylic acid groups (broad SMARTS) is 3. The molecule has 0 spiro atoms. The molecule has 0 bridgehead atoms. The summed E-state index contributed by atoms with van der Waals surface area (Å²) in [6.45, 7) is 6.66. The van der Waals surface area contributed by atoms with E-state index in [1.54, 1.807) is 12.1 Å². The van der Waals surface area contributed by atoms with Crippen molar-refractivity contribution in [3.63, 3.8) is 0 Å². The predicted molar refractivity (Wildman–Crippen MR) is 284 cm³/mol. The van der Waals surface area contributed by atoms with Crippen LogP contribution in [0.3, 0.4) is 0 Å². The van der Waals surface area contributed by atoms with Crippen LogP contribution in [0.25, 0.3) is 0 Å². The van der Waals surface area contributed by atoms with E-state index in [1.165, 1.54) is 93.3 Å². The van der Waals surface area contributed by atoms with Crippen LogP contribution in [0.5, 0.6) is 17.2 Å². The summed E-state index contributed by atoms with van der Waals surface area (Å²) in [5, 5.41) is 75.2. The second-order valence-corrected chi connectivity index (χ2v) is 19.9. The molecule has 9 amide bonds. The van der Waals surface area contributed by atoms with Gasteiger partial charge in [-0.15, -0.1) is 0 Å². The lowest BCUT2D eigenvalue weighted by molar-refractivity contribution is -0.145. The number of aliphatic carboxylic acids is 3. The topological polar surface area (TPSA) is 417 Å². The van der Waals surface area contributed by atoms with Crippen molar-refractivity contribution in [2.75, 3.05) is 13.6 Å². The summed E-state index contributed by atoms with van der Waals surface area (Å²) in [5.41, 5.74) is 1.36. The van der Waals surface area contributed by atoms with Crippen molar-refractivity contribution in [2.45, 2.75) is 134 Å². The van der Waals surface area contributed by atoms with Crippen LogP contribution in [0, 0.1) is 5.92 Å². The summed E-state index contributed by atoms with van der Waals surface area (Å²) >= 11 is 0. The lowest BCUT2D eigenvalue weighted by atomic mass is 10.0. The number of likely N-dealkylation sites (N-methyl/N-ethyl adjacent to an activating group) is 1. The first-order valence-corrected chi connectivity index (χ1v) is 25.7. The molecule has 1 saturated heterocycles. The van der Waals surface area contributed by atoms with Gasteiger partial charge >= 0.3 is 17.9 Å². The zero-order valence-electron chi connectivity index (χ0n) is 45.3. The molecule has 1 heterocycles. The minimum absolute atomic E-state index is 0.000710. The minimum atomic E-state index is -1.92. The van der Waals surface area contributed by atoms with E-state index in [2.05, 4.69) is 37.2 Å². The lowest BCUT2D eigenvalue weighted by Gasteiger charge is -2.32. The number of benzene rings is 3. The first-order valence-electron chi connectivity index (χ1n) is 25.7. The van der Waals surface area contributed by atoms with E-state index in [-0.39, 0.29) is 49.5 Å². The van der Waals surface area contributed by atoms with E-state index in [0.29, 0.717) is 23.1 Å². The van der Waals surface area contributed by atoms with Crippen LogP contribution in [-0.2, 0) is 76.8 Å². The molecule has 0 aromatic heterocycles. The Bertz CT molecular complexity index is 2790. The molecule has 3 aromatic rings. The van der Waals surface area contributed by atoms with Crippen molar-refractivity contribution in [1.82, 2.24) is 47.0 Å². The fraction of sp³-hybridized carbons (Fsp3) is 0.444. The zero-order valence-corrected chi connectivity index (χ0v) is 45.3. The number of hydrogen-bond donors (Lipinski definition) is 13. The highest BCUT2D eigenvalue weighted by Gasteiger charge is 2.41. The molecule has 27 heteroatoms. The summed E-state index contributed by atoms with van der Waals surface area (Å²) in [6.07, 6.45) is -2.16. The SMILES string of the molecule is CC(=O)N[C@@H](Cc1ccc(O)cc1)C(=O)N1CCC[C@H]1C(=O)N[C@@H](Cc1ccc(O)cc1)C(=O)N[C@@H](CC(=O)O)C(=O)N[C@H](C(=O)N(C)[C@@H](C)C(=O)N[C@@H](CC(=O)O)C(=O)N[C@@H](Cc1ccc(O)cc1)C(=O)N[C@@H](C)C(=O)O)C(C)C. The second-order valence-electron chi connectivity index (χ2n) is 19.9. The van der Waals surface area contributed by atoms with Crippen LogP contribution in [0.15, 0.2) is 72.8 Å². The Hall–Kier alpha value is -9.30. The molecule has 438 valence electrons. The van der Waals surface area contributed by atoms with E-state index in [0.717, 1.165) is 18.9 Å². The molecule has 1 aliphatic rings. The van der Waals surface area contributed by atoms with E-state index < -0.39 is 144 Å². The lowest BCUT2D eigenvalue weighted by Crippen LogP contribution is -2.61. The number of carbonyl (C=O) groups excluding carboxylic acids is 9. The van der Waals surface area contributed by atoms with Gasteiger partial charge in [0.2, 0.25) is 53.2 Å². The Labute approximate surface area is 465 Å². The molecule has 1 aliphatic heterocycles. The fourth-order valence-electron chi connectivity index (χ4n) is 8.57. The van der Waals surface area contributed by atoms with Gasteiger partial charge in [0, 0.05) is 39.8 Å². The number of rotatable bonds is 28. The number of aromatic hydroxyl groups is 3. The summed E-state index contributed by atoms with van der Waals surface area (Å²) in [5.74, 6) is -14.1. The fourth-order valence-corrected chi connectivity index (χ4v) is 8.57. The first-order chi connectivity index (χ1) is 38.0. The van der Waals surface area contributed by atoms with E-state index in [4.69, 9.17) is 0 Å². The van der Waals surface area contributed by atoms with E-state index in [9.17, 15) is 88.2 Å². The van der Waals surface area contributed by atoms with Gasteiger partial charge in [-0.05, 0) is 85.7 Å². The molecule has 0 radical (unpaired) electrons. The minimum Gasteiger partial charge on any atom is -0.508 e. The second kappa shape index (κ2) is 29.6. The number of phenols is 3. The third kappa shape index (κ3) is 19.5. The Morgan fingerprint density at radius 1 is 0.531 bits per heavy atom. The van der Waals surface area contributed by atoms with Crippen LogP contribution < -0.4 is 37.2 Å². The average molecular weight is 1130 g/mol. The maximum Gasteiger partial charge on any atom is 0.325 e. The van der Waals surface area contributed by atoms with Crippen LogP contribution in [-0.4, -0.2) is 179 Å². The summed E-state index contributed by atoms with van der Waals surface area (Å²) in [4.78, 5) is 161. The monoisotopic (exact) mass is 1130 g/mol. The van der Waals surface area contributed by atoms with Gasteiger partial charge in [0.15, 0.2) is 0 Å². The number of phenolic OH excluding ortho intramolecular Hbond substituents is 3. The van der Waals surface area contributed by atoms with Crippen LogP contribution in [0.1, 0.15) is 77.0 Å². The number of amides is 9. The maximum atomic E-state index is 14.3. The molecular weight excluding hydrogens is 1060 g/mol. The van der Waals surface area contributed by atoms with Crippen molar-refractivity contribution in [3.8, 4) is 17.2 Å². The third-order valence-corrected chi connectivity index (χ3v) is 13.2. The quantitative estimate of drug-likeness (QED) is 0.0406. The first kappa shape index (κ1) is 64.2. The van der Waals surface area contributed by atoms with Gasteiger partial charge in [0.1, 0.15) is 71.6 Å². The summed E-state index contributed by atoms with van der Waals surface area (Å²) in [7, 11) is 1.14. The van der Waals surface area contributed by atoms with Crippen molar-refractivity contribution < 1.29 is 88.2 Å². The zero-order chi connectivity index (χ0) is 60.4. The Morgan fingerprint density at radius 2 is 0.926 bits per heavy atom. The van der Waals surface area contributed by atoms with E-state index >= 15 is 0 Å². The van der Waals surface area contributed by atoms with Gasteiger partial charge in [-0.2, -0.15) is 0 Å². The highest BCUT2D eigenvalue weighted by molar-refractivity contribution is 5.99. The summed E-state index contributed by atoms with van der Waals surface area (Å²) < 4.78 is 0. The van der Waals surface area contributed by atoms with Crippen LogP contribution >= 0.6 is 0 Å². The Balaban J connectivity index is 1.53. The number of nitrogens with one attached hydrogen (secondary N) is 7. The largest absolute Gasteiger partial charge is 0.508 e. The highest BCUT2D eigenvalue weighted by atomic mass is 16.4. The molecule has 0 saturated carbocycles. The predicted octanol–water partition coefficient (Wildman–Crippen LogP) is -1.21. The number of likely N-dealkylation sites (tertiary alicyclic amines) is 1. The number of carboxylic acids is 3. The number of carbonyl (C=O) groups is 12. The van der Waals surface area contributed by atoms with Gasteiger partial charge in [0.05, 0.1) is 12.8 Å². The molecular formula is C54H69N9O18. The Morgan fingerprint density at radius 3 is 1.36 bits per heavy atom. The Kier molecular flexibility index (Phi) is 23.5. The molecule has 27 nitrogen and oxygen atoms in total. The molecule has 13 N–H and O–H groups in total. The molecule has 81 heavy (non-hydrogen) atoms. The van der Waals surface area contributed by atoms with Crippen molar-refractivity contribution in [3.05, 3.63) is 89.5 Å². The van der Waals surface area contributed by atoms with Crippen LogP contribution in [0.2, 0.25) is 0 Å². The maximum absolute atomic E-state index is 14.3. The normalized spacial score (nSPS) is 15.8. The molecule has 9 atom stereocenters. The molecule has 0 aliphatic carbocycles. The smallest absolute Gasteiger partial charge is 0.325 e. The third-order valence-electron chi connectivity index (χ3n) is 13.2.